The molecule has 2 amide bonds. The lowest BCUT2D eigenvalue weighted by atomic mass is 9.99. The minimum atomic E-state index is -0.378. The van der Waals surface area contributed by atoms with Crippen LogP contribution >= 0.6 is 11.3 Å². The van der Waals surface area contributed by atoms with Crippen molar-refractivity contribution >= 4 is 39.1 Å². The summed E-state index contributed by atoms with van der Waals surface area (Å²) in [5.74, 6) is -0.347. The van der Waals surface area contributed by atoms with Crippen molar-refractivity contribution in [2.75, 3.05) is 32.1 Å². The van der Waals surface area contributed by atoms with Gasteiger partial charge >= 0.3 is 0 Å². The van der Waals surface area contributed by atoms with Crippen LogP contribution < -0.4 is 10.1 Å². The fourth-order valence-electron chi connectivity index (χ4n) is 4.88. The van der Waals surface area contributed by atoms with Gasteiger partial charge in [-0.05, 0) is 55.9 Å². The van der Waals surface area contributed by atoms with E-state index in [0.29, 0.717) is 41.6 Å². The number of nitrogens with one attached hydrogen (secondary N) is 1. The Kier molecular flexibility index (Phi) is 8.39. The minimum Gasteiger partial charge on any atom is -0.486 e. The first-order valence-electron chi connectivity index (χ1n) is 13.3. The second kappa shape index (κ2) is 12.1. The summed E-state index contributed by atoms with van der Waals surface area (Å²) in [6.45, 7) is 5.43. The number of hydrogen-bond donors (Lipinski definition) is 2. The van der Waals surface area contributed by atoms with Crippen molar-refractivity contribution in [2.24, 2.45) is 5.92 Å². The lowest BCUT2D eigenvalue weighted by Gasteiger charge is -2.38. The molecule has 0 saturated heterocycles. The average Bonchev–Trinajstić information content (AvgIpc) is 3.40. The number of aliphatic hydroxyl groups is 1. The van der Waals surface area contributed by atoms with E-state index in [2.05, 4.69) is 20.2 Å². The Morgan fingerprint density at radius 2 is 1.98 bits per heavy atom. The maximum Gasteiger partial charge on any atom is 0.284 e. The Morgan fingerprint density at radius 1 is 1.20 bits per heavy atom. The van der Waals surface area contributed by atoms with Crippen molar-refractivity contribution in [2.45, 2.75) is 32.5 Å². The van der Waals surface area contributed by atoms with Gasteiger partial charge in [0.1, 0.15) is 6.10 Å². The number of aromatic nitrogens is 2. The summed E-state index contributed by atoms with van der Waals surface area (Å²) >= 11 is 1.31. The zero-order valence-corrected chi connectivity index (χ0v) is 23.6. The molecule has 0 radical (unpaired) electrons. The first-order chi connectivity index (χ1) is 19.3. The molecule has 1 aliphatic rings. The smallest absolute Gasteiger partial charge is 0.284 e. The molecule has 0 fully saturated rings. The summed E-state index contributed by atoms with van der Waals surface area (Å²) in [6, 6.07) is 16.3. The van der Waals surface area contributed by atoms with Gasteiger partial charge in [0.05, 0.1) is 34.1 Å². The number of aliphatic hydroxyl groups excluding tert-OH is 1. The van der Waals surface area contributed by atoms with Crippen LogP contribution in [-0.2, 0) is 6.54 Å². The van der Waals surface area contributed by atoms with Crippen molar-refractivity contribution < 1.29 is 19.4 Å². The van der Waals surface area contributed by atoms with Crippen LogP contribution in [0.15, 0.2) is 67.0 Å². The molecule has 2 aromatic carbocycles. The van der Waals surface area contributed by atoms with Gasteiger partial charge in [-0.15, -0.1) is 11.3 Å². The van der Waals surface area contributed by atoms with Crippen LogP contribution in [0.2, 0.25) is 0 Å². The SMILES string of the molecule is C[C@H](CO)N1C[C@H](C)[C@H](CN(C)Cc2ccncc2)Oc2c(NC(=O)c3nc4ccccc4s3)cccc2C1=O. The maximum absolute atomic E-state index is 13.7. The number of thiazole rings is 1. The standard InChI is InChI=1S/C30H33N5O4S/c1-19-15-35(20(2)18-36)30(38)22-7-6-9-24(32-28(37)29-33-23-8-4-5-10-26(23)40-29)27(22)39-25(19)17-34(3)16-21-11-13-31-14-12-21/h4-14,19-20,25,36H,15-18H2,1-3H3,(H,32,37)/t19-,20+,25-/m0/s1. The Labute approximate surface area is 237 Å². The van der Waals surface area contributed by atoms with E-state index in [1.807, 2.05) is 57.3 Å². The molecule has 10 heteroatoms. The molecule has 1 aliphatic heterocycles. The second-order valence-electron chi connectivity index (χ2n) is 10.3. The average molecular weight is 560 g/mol. The first-order valence-corrected chi connectivity index (χ1v) is 14.1. The van der Waals surface area contributed by atoms with Crippen molar-refractivity contribution in [3.63, 3.8) is 0 Å². The van der Waals surface area contributed by atoms with Gasteiger partial charge in [0.2, 0.25) is 0 Å². The topological polar surface area (TPSA) is 108 Å². The number of benzene rings is 2. The van der Waals surface area contributed by atoms with E-state index in [-0.39, 0.29) is 36.5 Å². The fourth-order valence-corrected chi connectivity index (χ4v) is 5.74. The summed E-state index contributed by atoms with van der Waals surface area (Å²) < 4.78 is 7.54. The fraction of sp³-hybridized carbons (Fsp3) is 0.333. The number of anilines is 1. The van der Waals surface area contributed by atoms with Gasteiger partial charge in [-0.25, -0.2) is 4.98 Å². The molecule has 5 rings (SSSR count). The highest BCUT2D eigenvalue weighted by Gasteiger charge is 2.34. The van der Waals surface area contributed by atoms with Crippen molar-refractivity contribution in [1.82, 2.24) is 19.8 Å². The van der Waals surface area contributed by atoms with E-state index in [4.69, 9.17) is 4.74 Å². The van der Waals surface area contributed by atoms with Gasteiger partial charge in [-0.1, -0.05) is 25.1 Å². The van der Waals surface area contributed by atoms with E-state index >= 15 is 0 Å². The predicted octanol–water partition coefficient (Wildman–Crippen LogP) is 4.30. The molecule has 0 bridgehead atoms. The maximum atomic E-state index is 13.7. The number of ether oxygens (including phenoxy) is 1. The number of rotatable bonds is 8. The van der Waals surface area contributed by atoms with E-state index in [1.165, 1.54) is 11.3 Å². The number of pyridine rings is 1. The van der Waals surface area contributed by atoms with Crippen molar-refractivity contribution in [3.05, 3.63) is 83.1 Å². The monoisotopic (exact) mass is 559 g/mol. The van der Waals surface area contributed by atoms with Crippen LogP contribution in [0.5, 0.6) is 5.75 Å². The first kappa shape index (κ1) is 27.7. The van der Waals surface area contributed by atoms with E-state index < -0.39 is 0 Å². The highest BCUT2D eigenvalue weighted by Crippen LogP contribution is 2.35. The molecule has 3 atom stereocenters. The van der Waals surface area contributed by atoms with Crippen LogP contribution in [0, 0.1) is 5.92 Å². The largest absolute Gasteiger partial charge is 0.486 e. The number of fused-ring (bicyclic) bond motifs is 2. The second-order valence-corrected chi connectivity index (χ2v) is 11.3. The number of amides is 2. The van der Waals surface area contributed by atoms with Gasteiger partial charge in [-0.2, -0.15) is 0 Å². The van der Waals surface area contributed by atoms with Crippen LogP contribution in [0.3, 0.4) is 0 Å². The van der Waals surface area contributed by atoms with Gasteiger partial charge in [0.25, 0.3) is 11.8 Å². The van der Waals surface area contributed by atoms with E-state index in [1.54, 1.807) is 35.5 Å². The third-order valence-corrected chi connectivity index (χ3v) is 8.16. The molecule has 4 aromatic rings. The highest BCUT2D eigenvalue weighted by molar-refractivity contribution is 7.20. The van der Waals surface area contributed by atoms with Crippen LogP contribution in [0.1, 0.15) is 39.6 Å². The van der Waals surface area contributed by atoms with E-state index in [9.17, 15) is 14.7 Å². The third kappa shape index (κ3) is 5.99. The molecule has 9 nitrogen and oxygen atoms in total. The molecule has 0 aliphatic carbocycles. The molecule has 0 spiro atoms. The van der Waals surface area contributed by atoms with Gasteiger partial charge < -0.3 is 20.1 Å². The van der Waals surface area contributed by atoms with Gasteiger partial charge in [-0.3, -0.25) is 19.5 Å². The summed E-state index contributed by atoms with van der Waals surface area (Å²) in [5.41, 5.74) is 2.64. The molecular formula is C30H33N5O4S. The molecule has 3 heterocycles. The lowest BCUT2D eigenvalue weighted by Crippen LogP contribution is -2.49. The summed E-state index contributed by atoms with van der Waals surface area (Å²) in [7, 11) is 2.02. The summed E-state index contributed by atoms with van der Waals surface area (Å²) in [5, 5.41) is 13.2. The summed E-state index contributed by atoms with van der Waals surface area (Å²) in [6.07, 6.45) is 3.25. The number of carbonyl (C=O) groups is 2. The zero-order valence-electron chi connectivity index (χ0n) is 22.8. The molecule has 208 valence electrons. The number of likely N-dealkylation sites (N-methyl/N-ethyl adjacent to an activating group) is 1. The quantitative estimate of drug-likeness (QED) is 0.332. The van der Waals surface area contributed by atoms with Gasteiger partial charge in [0.15, 0.2) is 10.8 Å². The molecule has 2 aromatic heterocycles. The normalized spacial score (nSPS) is 18.1. The molecule has 0 unspecified atom stereocenters. The number of para-hydroxylation sites is 2. The zero-order chi connectivity index (χ0) is 28.2. The number of carbonyl (C=O) groups excluding carboxylic acids is 2. The molecule has 40 heavy (non-hydrogen) atoms. The Bertz CT molecular complexity index is 1460. The van der Waals surface area contributed by atoms with Crippen LogP contribution in [-0.4, -0.2) is 75.6 Å². The lowest BCUT2D eigenvalue weighted by molar-refractivity contribution is 0.0343. The summed E-state index contributed by atoms with van der Waals surface area (Å²) in [4.78, 5) is 39.5. The Morgan fingerprint density at radius 3 is 2.73 bits per heavy atom. The van der Waals surface area contributed by atoms with E-state index in [0.717, 1.165) is 15.8 Å². The Hall–Kier alpha value is -3.86. The number of hydrogen-bond acceptors (Lipinski definition) is 8. The van der Waals surface area contributed by atoms with Gasteiger partial charge in [0, 0.05) is 37.9 Å². The number of nitrogens with zero attached hydrogens (tertiary/aromatic N) is 4. The third-order valence-electron chi connectivity index (χ3n) is 7.12. The molecular weight excluding hydrogens is 526 g/mol. The van der Waals surface area contributed by atoms with Crippen molar-refractivity contribution in [1.29, 1.82) is 0 Å². The highest BCUT2D eigenvalue weighted by atomic mass is 32.1. The van der Waals surface area contributed by atoms with Crippen LogP contribution in [0.25, 0.3) is 10.2 Å². The van der Waals surface area contributed by atoms with Crippen LogP contribution in [0.4, 0.5) is 5.69 Å². The Balaban J connectivity index is 1.47. The molecule has 2 N–H and O–H groups in total. The molecule has 0 saturated carbocycles. The predicted molar refractivity (Wildman–Crippen MR) is 156 cm³/mol. The van der Waals surface area contributed by atoms with Crippen molar-refractivity contribution in [3.8, 4) is 5.75 Å². The minimum absolute atomic E-state index is 0.0565.